The molecule has 3 heterocycles. The molecule has 2 aromatic heterocycles. The molecular formula is C25H26N6O2. The van der Waals surface area contributed by atoms with Crippen LogP contribution >= 0.6 is 0 Å². The van der Waals surface area contributed by atoms with Crippen molar-refractivity contribution in [1.29, 1.82) is 0 Å². The number of hydrogen-bond donors (Lipinski definition) is 0. The van der Waals surface area contributed by atoms with Crippen LogP contribution in [-0.4, -0.2) is 56.7 Å². The molecule has 0 aromatic carbocycles. The van der Waals surface area contributed by atoms with Crippen LogP contribution in [0.15, 0.2) is 65.4 Å². The van der Waals surface area contributed by atoms with E-state index in [4.69, 9.17) is 4.74 Å². The largest absolute Gasteiger partial charge is 0.467 e. The first-order valence-corrected chi connectivity index (χ1v) is 11.3. The van der Waals surface area contributed by atoms with Gasteiger partial charge < -0.3 is 9.64 Å². The van der Waals surface area contributed by atoms with Gasteiger partial charge in [0.15, 0.2) is 5.69 Å². The second kappa shape index (κ2) is 9.05. The number of fused-ring (bicyclic) bond motifs is 1. The summed E-state index contributed by atoms with van der Waals surface area (Å²) in [5.41, 5.74) is 4.91. The molecule has 0 bridgehead atoms. The molecule has 1 atom stereocenters. The number of nitrogens with zero attached hydrogens (tertiary/aromatic N) is 6. The average molecular weight is 443 g/mol. The molecule has 1 saturated carbocycles. The Balaban J connectivity index is 1.36. The predicted molar refractivity (Wildman–Crippen MR) is 125 cm³/mol. The van der Waals surface area contributed by atoms with Crippen molar-refractivity contribution in [3.63, 3.8) is 0 Å². The van der Waals surface area contributed by atoms with Gasteiger partial charge in [-0.1, -0.05) is 25.2 Å². The number of carbonyl (C=O) groups excluding carboxylic acids is 1. The zero-order valence-electron chi connectivity index (χ0n) is 18.8. The quantitative estimate of drug-likeness (QED) is 0.619. The van der Waals surface area contributed by atoms with Crippen molar-refractivity contribution in [3.8, 4) is 17.3 Å². The van der Waals surface area contributed by atoms with Gasteiger partial charge in [0.2, 0.25) is 0 Å². The number of ether oxygens (including phenoxy) is 1. The Hall–Kier alpha value is -3.68. The van der Waals surface area contributed by atoms with Crippen LogP contribution in [0.4, 0.5) is 0 Å². The summed E-state index contributed by atoms with van der Waals surface area (Å²) in [6, 6.07) is 0.262. The zero-order valence-corrected chi connectivity index (χ0v) is 18.8. The van der Waals surface area contributed by atoms with Gasteiger partial charge in [-0.2, -0.15) is 0 Å². The van der Waals surface area contributed by atoms with Gasteiger partial charge in [0.1, 0.15) is 5.69 Å². The highest BCUT2D eigenvalue weighted by Gasteiger charge is 2.30. The Morgan fingerprint density at radius 2 is 1.94 bits per heavy atom. The van der Waals surface area contributed by atoms with E-state index in [0.717, 1.165) is 31.5 Å². The average Bonchev–Trinajstić information content (AvgIpc) is 3.58. The van der Waals surface area contributed by atoms with Crippen LogP contribution < -0.4 is 4.74 Å². The van der Waals surface area contributed by atoms with Gasteiger partial charge in [-0.15, -0.1) is 0 Å². The summed E-state index contributed by atoms with van der Waals surface area (Å²) >= 11 is 0. The standard InChI is InChI=1S/C25H26N6O2/c1-16-4-3-5-20-18(12-28-21(16)20)8-11-31(15-17-6-7-17)24(32)23-22(26-9-10-27-23)19-13-29-25(33-2)30-14-19/h3-5,9-10,12-14,16-17H,6-8,11,15H2,1-2H3. The summed E-state index contributed by atoms with van der Waals surface area (Å²) in [7, 11) is 1.51. The highest BCUT2D eigenvalue weighted by atomic mass is 16.5. The molecule has 2 aromatic rings. The van der Waals surface area contributed by atoms with Gasteiger partial charge in [-0.25, -0.2) is 15.0 Å². The minimum Gasteiger partial charge on any atom is -0.467 e. The van der Waals surface area contributed by atoms with Crippen LogP contribution in [0.1, 0.15) is 36.7 Å². The highest BCUT2D eigenvalue weighted by Crippen LogP contribution is 2.33. The molecule has 1 aliphatic heterocycles. The summed E-state index contributed by atoms with van der Waals surface area (Å²) in [4.78, 5) is 37.3. The van der Waals surface area contributed by atoms with Crippen molar-refractivity contribution in [1.82, 2.24) is 24.8 Å². The van der Waals surface area contributed by atoms with Crippen LogP contribution in [0.2, 0.25) is 0 Å². The molecule has 1 amide bonds. The molecule has 0 saturated heterocycles. The molecule has 168 valence electrons. The summed E-state index contributed by atoms with van der Waals surface area (Å²) in [5.74, 6) is 0.753. The zero-order chi connectivity index (χ0) is 22.8. The first-order chi connectivity index (χ1) is 16.1. The third-order valence-electron chi connectivity index (χ3n) is 6.17. The summed E-state index contributed by atoms with van der Waals surface area (Å²) < 4.78 is 5.04. The van der Waals surface area contributed by atoms with Gasteiger partial charge in [0, 0.05) is 61.1 Å². The Bertz CT molecular complexity index is 1180. The van der Waals surface area contributed by atoms with Crippen LogP contribution in [0.25, 0.3) is 11.3 Å². The normalized spacial score (nSPS) is 18.8. The minimum atomic E-state index is -0.119. The lowest BCUT2D eigenvalue weighted by Gasteiger charge is -2.24. The molecule has 0 spiro atoms. The molecule has 2 aliphatic carbocycles. The maximum Gasteiger partial charge on any atom is 0.316 e. The van der Waals surface area contributed by atoms with Crippen molar-refractivity contribution < 1.29 is 9.53 Å². The number of allylic oxidation sites excluding steroid dienone is 4. The fourth-order valence-corrected chi connectivity index (χ4v) is 4.16. The van der Waals surface area contributed by atoms with Crippen molar-refractivity contribution in [3.05, 3.63) is 66.1 Å². The minimum absolute atomic E-state index is 0.119. The molecule has 0 radical (unpaired) electrons. The fourth-order valence-electron chi connectivity index (χ4n) is 4.16. The van der Waals surface area contributed by atoms with E-state index < -0.39 is 0 Å². The first kappa shape index (κ1) is 21.2. The predicted octanol–water partition coefficient (Wildman–Crippen LogP) is 3.66. The lowest BCUT2D eigenvalue weighted by atomic mass is 9.89. The van der Waals surface area contributed by atoms with E-state index >= 15 is 0 Å². The number of carbonyl (C=O) groups is 1. The molecule has 0 N–H and O–H groups in total. The van der Waals surface area contributed by atoms with E-state index in [0.29, 0.717) is 35.3 Å². The van der Waals surface area contributed by atoms with Crippen molar-refractivity contribution in [2.45, 2.75) is 26.2 Å². The van der Waals surface area contributed by atoms with Crippen molar-refractivity contribution >= 4 is 11.6 Å². The molecule has 1 fully saturated rings. The smallest absolute Gasteiger partial charge is 0.316 e. The van der Waals surface area contributed by atoms with E-state index in [9.17, 15) is 4.79 Å². The first-order valence-electron chi connectivity index (χ1n) is 11.3. The maximum absolute atomic E-state index is 13.6. The van der Waals surface area contributed by atoms with E-state index in [-0.39, 0.29) is 11.9 Å². The number of amides is 1. The van der Waals surface area contributed by atoms with Gasteiger partial charge in [0.25, 0.3) is 5.91 Å². The molecule has 1 unspecified atom stereocenters. The lowest BCUT2D eigenvalue weighted by molar-refractivity contribution is 0.0744. The Labute approximate surface area is 192 Å². The Morgan fingerprint density at radius 3 is 2.70 bits per heavy atom. The summed E-state index contributed by atoms with van der Waals surface area (Å²) in [6.07, 6.45) is 17.7. The summed E-state index contributed by atoms with van der Waals surface area (Å²) in [5, 5.41) is 0. The monoisotopic (exact) mass is 442 g/mol. The number of methoxy groups -OCH3 is 1. The van der Waals surface area contributed by atoms with E-state index in [1.54, 1.807) is 24.8 Å². The summed E-state index contributed by atoms with van der Waals surface area (Å²) in [6.45, 7) is 3.49. The Kier molecular flexibility index (Phi) is 5.81. The number of aromatic nitrogens is 4. The SMILES string of the molecule is COc1ncc(-c2nccnc2C(=O)N(CCC2=CN=C3C2=CC=CC3C)CC2CC2)cn1. The van der Waals surface area contributed by atoms with Crippen LogP contribution in [-0.2, 0) is 0 Å². The lowest BCUT2D eigenvalue weighted by Crippen LogP contribution is -2.35. The van der Waals surface area contributed by atoms with Gasteiger partial charge >= 0.3 is 6.01 Å². The van der Waals surface area contributed by atoms with E-state index in [2.05, 4.69) is 50.1 Å². The van der Waals surface area contributed by atoms with Crippen molar-refractivity contribution in [2.24, 2.45) is 16.8 Å². The molecule has 8 nitrogen and oxygen atoms in total. The van der Waals surface area contributed by atoms with E-state index in [1.165, 1.54) is 18.3 Å². The third kappa shape index (κ3) is 4.46. The van der Waals surface area contributed by atoms with Gasteiger partial charge in [-0.05, 0) is 30.8 Å². The number of hydrogen-bond acceptors (Lipinski definition) is 7. The molecule has 33 heavy (non-hydrogen) atoms. The fraction of sp³-hybridized carbons (Fsp3) is 0.360. The maximum atomic E-state index is 13.6. The second-order valence-electron chi connectivity index (χ2n) is 8.58. The molecule has 3 aliphatic rings. The Morgan fingerprint density at radius 1 is 1.15 bits per heavy atom. The second-order valence-corrected chi connectivity index (χ2v) is 8.58. The third-order valence-corrected chi connectivity index (χ3v) is 6.17. The molecule has 8 heteroatoms. The topological polar surface area (TPSA) is 93.5 Å². The molecule has 5 rings (SSSR count). The van der Waals surface area contributed by atoms with E-state index in [1.807, 2.05) is 11.1 Å². The molecular weight excluding hydrogens is 416 g/mol. The highest BCUT2D eigenvalue weighted by molar-refractivity contribution is 6.09. The van der Waals surface area contributed by atoms with Crippen molar-refractivity contribution in [2.75, 3.05) is 20.2 Å². The van der Waals surface area contributed by atoms with Gasteiger partial charge in [-0.3, -0.25) is 14.8 Å². The van der Waals surface area contributed by atoms with Gasteiger partial charge in [0.05, 0.1) is 12.8 Å². The van der Waals surface area contributed by atoms with Crippen LogP contribution in [0, 0.1) is 11.8 Å². The number of aliphatic imine (C=N–C) groups is 1. The number of rotatable bonds is 8. The van der Waals surface area contributed by atoms with Crippen LogP contribution in [0.5, 0.6) is 6.01 Å². The van der Waals surface area contributed by atoms with Crippen LogP contribution in [0.3, 0.4) is 0 Å².